The molecule has 1 rings (SSSR count). The first-order valence-corrected chi connectivity index (χ1v) is 5.66. The summed E-state index contributed by atoms with van der Waals surface area (Å²) >= 11 is 11.7. The number of nitriles is 1. The van der Waals surface area contributed by atoms with E-state index < -0.39 is 0 Å². The van der Waals surface area contributed by atoms with Crippen LogP contribution < -0.4 is 4.90 Å². The second kappa shape index (κ2) is 5.88. The molecule has 0 spiro atoms. The molecule has 1 aromatic rings. The van der Waals surface area contributed by atoms with Crippen molar-refractivity contribution in [1.29, 1.82) is 5.26 Å². The van der Waals surface area contributed by atoms with Crippen LogP contribution in [0, 0.1) is 17.2 Å². The third-order valence-corrected chi connectivity index (χ3v) is 2.54. The van der Waals surface area contributed by atoms with Crippen molar-refractivity contribution in [2.24, 2.45) is 5.92 Å². The Kier molecular flexibility index (Phi) is 4.78. The Balaban J connectivity index is 2.95. The zero-order valence-corrected chi connectivity index (χ0v) is 10.6. The van der Waals surface area contributed by atoms with Crippen molar-refractivity contribution in [1.82, 2.24) is 9.97 Å². The average Bonchev–Trinajstić information content (AvgIpc) is 2.29. The zero-order chi connectivity index (χ0) is 12.1. The Morgan fingerprint density at radius 2 is 2.25 bits per heavy atom. The van der Waals surface area contributed by atoms with Gasteiger partial charge in [-0.2, -0.15) is 10.2 Å². The van der Waals surface area contributed by atoms with Crippen molar-refractivity contribution in [3.63, 3.8) is 0 Å². The maximum atomic E-state index is 8.78. The van der Waals surface area contributed by atoms with Gasteiger partial charge in [-0.3, -0.25) is 0 Å². The summed E-state index contributed by atoms with van der Waals surface area (Å²) in [5.41, 5.74) is 0. The molecule has 0 bridgehead atoms. The predicted molar refractivity (Wildman–Crippen MR) is 64.7 cm³/mol. The minimum Gasteiger partial charge on any atom is -0.354 e. The lowest BCUT2D eigenvalue weighted by Gasteiger charge is -2.23. The average molecular weight is 259 g/mol. The Hall–Kier alpha value is -1.05. The van der Waals surface area contributed by atoms with Crippen LogP contribution >= 0.6 is 23.2 Å². The summed E-state index contributed by atoms with van der Waals surface area (Å²) in [7, 11) is 0. The van der Waals surface area contributed by atoms with Gasteiger partial charge in [-0.05, 0) is 25.4 Å². The Labute approximate surface area is 105 Å². The van der Waals surface area contributed by atoms with Gasteiger partial charge in [0.05, 0.1) is 18.2 Å². The van der Waals surface area contributed by atoms with Crippen LogP contribution in [0.2, 0.25) is 10.3 Å². The molecule has 0 aliphatic heterocycles. The van der Waals surface area contributed by atoms with E-state index in [4.69, 9.17) is 28.5 Å². The first-order chi connectivity index (χ1) is 7.58. The fourth-order valence-electron chi connectivity index (χ4n) is 1.30. The third-order valence-electron chi connectivity index (χ3n) is 2.09. The summed E-state index contributed by atoms with van der Waals surface area (Å²) in [6.07, 6.45) is 1.46. The van der Waals surface area contributed by atoms with Gasteiger partial charge in [-0.1, -0.05) is 11.6 Å². The zero-order valence-electron chi connectivity index (χ0n) is 9.11. The molecular formula is C10H12Cl2N4. The van der Waals surface area contributed by atoms with E-state index in [1.54, 1.807) is 0 Å². The van der Waals surface area contributed by atoms with Crippen molar-refractivity contribution in [2.45, 2.75) is 13.8 Å². The SMILES string of the molecule is CCN(CC(C)C#N)c1nc(Cl)ncc1Cl. The molecule has 1 unspecified atom stereocenters. The highest BCUT2D eigenvalue weighted by atomic mass is 35.5. The molecule has 0 aromatic carbocycles. The van der Waals surface area contributed by atoms with Gasteiger partial charge in [0.25, 0.3) is 0 Å². The predicted octanol–water partition coefficient (Wildman–Crippen LogP) is 2.77. The van der Waals surface area contributed by atoms with Crippen LogP contribution in [0.5, 0.6) is 0 Å². The topological polar surface area (TPSA) is 52.8 Å². The highest BCUT2D eigenvalue weighted by molar-refractivity contribution is 6.33. The molecule has 6 heteroatoms. The molecule has 1 aromatic heterocycles. The maximum Gasteiger partial charge on any atom is 0.224 e. The molecule has 0 fully saturated rings. The van der Waals surface area contributed by atoms with Crippen LogP contribution in [0.15, 0.2) is 6.20 Å². The number of aromatic nitrogens is 2. The van der Waals surface area contributed by atoms with Crippen LogP contribution in [-0.2, 0) is 0 Å². The number of rotatable bonds is 4. The van der Waals surface area contributed by atoms with Gasteiger partial charge in [-0.25, -0.2) is 4.98 Å². The van der Waals surface area contributed by atoms with Gasteiger partial charge in [0.15, 0.2) is 5.82 Å². The molecule has 0 aliphatic rings. The molecule has 4 nitrogen and oxygen atoms in total. The summed E-state index contributed by atoms with van der Waals surface area (Å²) in [4.78, 5) is 9.76. The minimum absolute atomic E-state index is 0.0928. The van der Waals surface area contributed by atoms with Gasteiger partial charge in [-0.15, -0.1) is 0 Å². The van der Waals surface area contributed by atoms with E-state index in [0.29, 0.717) is 23.9 Å². The first kappa shape index (κ1) is 13.0. The summed E-state index contributed by atoms with van der Waals surface area (Å²) in [5, 5.41) is 9.38. The summed E-state index contributed by atoms with van der Waals surface area (Å²) in [6, 6.07) is 2.17. The Morgan fingerprint density at radius 3 is 2.81 bits per heavy atom. The molecule has 1 heterocycles. The van der Waals surface area contributed by atoms with Crippen LogP contribution in [0.3, 0.4) is 0 Å². The number of anilines is 1. The van der Waals surface area contributed by atoms with E-state index in [2.05, 4.69) is 16.0 Å². The normalized spacial score (nSPS) is 11.9. The third kappa shape index (κ3) is 3.22. The molecular weight excluding hydrogens is 247 g/mol. The van der Waals surface area contributed by atoms with E-state index >= 15 is 0 Å². The highest BCUT2D eigenvalue weighted by Crippen LogP contribution is 2.24. The van der Waals surface area contributed by atoms with E-state index in [1.807, 2.05) is 18.7 Å². The smallest absolute Gasteiger partial charge is 0.224 e. The summed E-state index contributed by atoms with van der Waals surface area (Å²) in [5.74, 6) is 0.482. The van der Waals surface area contributed by atoms with E-state index in [0.717, 1.165) is 0 Å². The molecule has 16 heavy (non-hydrogen) atoms. The van der Waals surface area contributed by atoms with Gasteiger partial charge in [0.1, 0.15) is 5.02 Å². The first-order valence-electron chi connectivity index (χ1n) is 4.91. The van der Waals surface area contributed by atoms with E-state index in [1.165, 1.54) is 6.20 Å². The lowest BCUT2D eigenvalue weighted by molar-refractivity contribution is 0.679. The highest BCUT2D eigenvalue weighted by Gasteiger charge is 2.14. The second-order valence-electron chi connectivity index (χ2n) is 3.38. The molecule has 86 valence electrons. The summed E-state index contributed by atoms with van der Waals surface area (Å²) in [6.45, 7) is 5.09. The number of nitrogens with zero attached hydrogens (tertiary/aromatic N) is 4. The largest absolute Gasteiger partial charge is 0.354 e. The second-order valence-corrected chi connectivity index (χ2v) is 4.12. The molecule has 0 amide bonds. The Bertz CT molecular complexity index is 402. The molecule has 1 atom stereocenters. The number of hydrogen-bond acceptors (Lipinski definition) is 4. The lowest BCUT2D eigenvalue weighted by atomic mass is 10.2. The van der Waals surface area contributed by atoms with Crippen molar-refractivity contribution >= 4 is 29.0 Å². The fraction of sp³-hybridized carbons (Fsp3) is 0.500. The Morgan fingerprint density at radius 1 is 1.56 bits per heavy atom. The van der Waals surface area contributed by atoms with Crippen LogP contribution in [-0.4, -0.2) is 23.1 Å². The van der Waals surface area contributed by atoms with Gasteiger partial charge in [0, 0.05) is 13.1 Å². The lowest BCUT2D eigenvalue weighted by Crippen LogP contribution is -2.29. The number of halogens is 2. The van der Waals surface area contributed by atoms with Gasteiger partial charge < -0.3 is 4.90 Å². The quantitative estimate of drug-likeness (QED) is 0.780. The van der Waals surface area contributed by atoms with Crippen LogP contribution in [0.1, 0.15) is 13.8 Å². The van der Waals surface area contributed by atoms with Crippen molar-refractivity contribution < 1.29 is 0 Å². The van der Waals surface area contributed by atoms with Crippen LogP contribution in [0.25, 0.3) is 0 Å². The number of hydrogen-bond donors (Lipinski definition) is 0. The van der Waals surface area contributed by atoms with Crippen molar-refractivity contribution in [2.75, 3.05) is 18.0 Å². The summed E-state index contributed by atoms with van der Waals surface area (Å²) < 4.78 is 0. The van der Waals surface area contributed by atoms with Crippen molar-refractivity contribution in [3.8, 4) is 6.07 Å². The maximum absolute atomic E-state index is 8.78. The molecule has 0 saturated carbocycles. The van der Waals surface area contributed by atoms with Crippen molar-refractivity contribution in [3.05, 3.63) is 16.5 Å². The molecule has 0 radical (unpaired) electrons. The minimum atomic E-state index is -0.0928. The molecule has 0 aliphatic carbocycles. The van der Waals surface area contributed by atoms with Gasteiger partial charge >= 0.3 is 0 Å². The molecule has 0 N–H and O–H groups in total. The molecule has 0 saturated heterocycles. The fourth-order valence-corrected chi connectivity index (χ4v) is 1.64. The van der Waals surface area contributed by atoms with Gasteiger partial charge in [0.2, 0.25) is 5.28 Å². The van der Waals surface area contributed by atoms with Crippen LogP contribution in [0.4, 0.5) is 5.82 Å². The monoisotopic (exact) mass is 258 g/mol. The van der Waals surface area contributed by atoms with E-state index in [-0.39, 0.29) is 11.2 Å². The van der Waals surface area contributed by atoms with E-state index in [9.17, 15) is 0 Å². The standard InChI is InChI=1S/C10H12Cl2N4/c1-3-16(6-7(2)4-13)9-8(11)5-14-10(12)15-9/h5,7H,3,6H2,1-2H3.